The molecule has 0 aromatic carbocycles. The zero-order valence-corrected chi connectivity index (χ0v) is 8.41. The van der Waals surface area contributed by atoms with E-state index in [4.69, 9.17) is 5.73 Å². The fourth-order valence-corrected chi connectivity index (χ4v) is 1.67. The van der Waals surface area contributed by atoms with E-state index in [9.17, 15) is 8.78 Å². The van der Waals surface area contributed by atoms with Crippen molar-refractivity contribution in [3.8, 4) is 0 Å². The third-order valence-electron chi connectivity index (χ3n) is 2.24. The average molecular weight is 215 g/mol. The molecule has 0 saturated heterocycles. The number of rotatable bonds is 2. The summed E-state index contributed by atoms with van der Waals surface area (Å²) in [6, 6.07) is 0. The minimum absolute atomic E-state index is 0.0985. The first-order valence-corrected chi connectivity index (χ1v) is 4.44. The number of nitrogens with two attached hydrogens (primary N) is 1. The number of halogens is 2. The van der Waals surface area contributed by atoms with E-state index in [1.165, 1.54) is 9.25 Å². The van der Waals surface area contributed by atoms with Crippen LogP contribution in [0.2, 0.25) is 0 Å². The molecule has 0 spiro atoms. The first-order chi connectivity index (χ1) is 7.00. The summed E-state index contributed by atoms with van der Waals surface area (Å²) in [7, 11) is 1.68. The molecule has 2 heterocycles. The second-order valence-electron chi connectivity index (χ2n) is 3.35. The predicted octanol–water partition coefficient (Wildman–Crippen LogP) is 0.926. The van der Waals surface area contributed by atoms with Crippen LogP contribution in [0.4, 0.5) is 14.7 Å². The van der Waals surface area contributed by atoms with Crippen molar-refractivity contribution in [1.82, 2.24) is 19.3 Å². The van der Waals surface area contributed by atoms with Gasteiger partial charge >= 0.3 is 0 Å². The van der Waals surface area contributed by atoms with Gasteiger partial charge in [0.2, 0.25) is 5.95 Å². The first-order valence-electron chi connectivity index (χ1n) is 4.44. The lowest BCUT2D eigenvalue weighted by atomic mass is 10.4. The van der Waals surface area contributed by atoms with Crippen LogP contribution in [-0.2, 0) is 13.6 Å². The normalized spacial score (nSPS) is 11.8. The second-order valence-corrected chi connectivity index (χ2v) is 3.35. The van der Waals surface area contributed by atoms with E-state index in [-0.39, 0.29) is 5.95 Å². The van der Waals surface area contributed by atoms with E-state index in [0.29, 0.717) is 16.9 Å². The highest BCUT2D eigenvalue weighted by atomic mass is 19.3. The smallest absolute Gasteiger partial charge is 0.256 e. The molecule has 0 saturated carbocycles. The molecule has 7 heteroatoms. The molecule has 0 aliphatic rings. The van der Waals surface area contributed by atoms with Crippen molar-refractivity contribution in [3.63, 3.8) is 0 Å². The zero-order chi connectivity index (χ0) is 11.2. The van der Waals surface area contributed by atoms with Crippen LogP contribution in [0.1, 0.15) is 5.69 Å². The van der Waals surface area contributed by atoms with Gasteiger partial charge in [0, 0.05) is 7.05 Å². The van der Waals surface area contributed by atoms with Crippen molar-refractivity contribution in [3.05, 3.63) is 5.69 Å². The first kappa shape index (κ1) is 9.88. The summed E-state index contributed by atoms with van der Waals surface area (Å²) in [4.78, 5) is 4.01. The number of imidazole rings is 1. The molecule has 2 aromatic rings. The van der Waals surface area contributed by atoms with Crippen LogP contribution in [-0.4, -0.2) is 25.8 Å². The lowest BCUT2D eigenvalue weighted by molar-refractivity contribution is 0.128. The molecule has 0 fully saturated rings. The van der Waals surface area contributed by atoms with Crippen molar-refractivity contribution < 1.29 is 8.78 Å². The van der Waals surface area contributed by atoms with Crippen LogP contribution in [0, 0.1) is 6.92 Å². The summed E-state index contributed by atoms with van der Waals surface area (Å²) in [5.74, 6) is 0.0985. The second kappa shape index (κ2) is 3.18. The largest absolute Gasteiger partial charge is 0.369 e. The maximum atomic E-state index is 12.3. The number of anilines is 1. The third-order valence-corrected chi connectivity index (χ3v) is 2.24. The maximum absolute atomic E-state index is 12.3. The van der Waals surface area contributed by atoms with Crippen LogP contribution in [0.5, 0.6) is 0 Å². The maximum Gasteiger partial charge on any atom is 0.256 e. The molecule has 0 atom stereocenters. The van der Waals surface area contributed by atoms with E-state index in [1.807, 2.05) is 0 Å². The number of alkyl halides is 2. The highest BCUT2D eigenvalue weighted by Crippen LogP contribution is 2.20. The van der Waals surface area contributed by atoms with Crippen LogP contribution in [0.3, 0.4) is 0 Å². The minimum atomic E-state index is -2.46. The summed E-state index contributed by atoms with van der Waals surface area (Å²) in [6.07, 6.45) is -2.46. The van der Waals surface area contributed by atoms with Crippen molar-refractivity contribution in [2.45, 2.75) is 19.9 Å². The Kier molecular flexibility index (Phi) is 2.09. The highest BCUT2D eigenvalue weighted by molar-refractivity contribution is 5.77. The third kappa shape index (κ3) is 1.43. The van der Waals surface area contributed by atoms with E-state index in [2.05, 4.69) is 10.1 Å². The lowest BCUT2D eigenvalue weighted by Gasteiger charge is -2.05. The molecule has 0 aliphatic heterocycles. The van der Waals surface area contributed by atoms with Crippen molar-refractivity contribution in [2.24, 2.45) is 7.05 Å². The van der Waals surface area contributed by atoms with Gasteiger partial charge in [0.15, 0.2) is 5.65 Å². The Morgan fingerprint density at radius 2 is 2.13 bits per heavy atom. The molecule has 2 aromatic heterocycles. The number of nitrogen functional groups attached to an aromatic ring is 1. The molecule has 0 radical (unpaired) electrons. The molecular weight excluding hydrogens is 204 g/mol. The Labute approximate surface area is 84.5 Å². The summed E-state index contributed by atoms with van der Waals surface area (Å²) in [5, 5.41) is 4.09. The molecule has 0 amide bonds. The van der Waals surface area contributed by atoms with E-state index >= 15 is 0 Å². The summed E-state index contributed by atoms with van der Waals surface area (Å²) >= 11 is 0. The Bertz CT molecular complexity index is 499. The topological polar surface area (TPSA) is 61.7 Å². The molecule has 15 heavy (non-hydrogen) atoms. The van der Waals surface area contributed by atoms with Gasteiger partial charge < -0.3 is 5.73 Å². The molecule has 5 nitrogen and oxygen atoms in total. The van der Waals surface area contributed by atoms with E-state index < -0.39 is 13.0 Å². The van der Waals surface area contributed by atoms with Gasteiger partial charge in [-0.25, -0.2) is 13.8 Å². The SMILES string of the molecule is Cc1nn(C)c2c1nc(N)n2CC(F)F. The fourth-order valence-electron chi connectivity index (χ4n) is 1.67. The summed E-state index contributed by atoms with van der Waals surface area (Å²) in [5.41, 5.74) is 7.36. The number of aromatic nitrogens is 4. The highest BCUT2D eigenvalue weighted by Gasteiger charge is 2.17. The summed E-state index contributed by atoms with van der Waals surface area (Å²) < 4.78 is 27.4. The van der Waals surface area contributed by atoms with Crippen LogP contribution >= 0.6 is 0 Å². The Balaban J connectivity index is 2.66. The van der Waals surface area contributed by atoms with E-state index in [1.54, 1.807) is 14.0 Å². The minimum Gasteiger partial charge on any atom is -0.369 e. The Morgan fingerprint density at radius 3 is 2.73 bits per heavy atom. The van der Waals surface area contributed by atoms with Crippen molar-refractivity contribution in [2.75, 3.05) is 5.73 Å². The lowest BCUT2D eigenvalue weighted by Crippen LogP contribution is -2.12. The molecule has 2 rings (SSSR count). The fraction of sp³-hybridized carbons (Fsp3) is 0.500. The number of nitrogens with zero attached hydrogens (tertiary/aromatic N) is 4. The molecule has 0 unspecified atom stereocenters. The van der Waals surface area contributed by atoms with Gasteiger partial charge in [-0.2, -0.15) is 5.10 Å². The Hall–Kier alpha value is -1.66. The number of hydrogen-bond donors (Lipinski definition) is 1. The van der Waals surface area contributed by atoms with Crippen molar-refractivity contribution in [1.29, 1.82) is 0 Å². The molecule has 0 aliphatic carbocycles. The van der Waals surface area contributed by atoms with Crippen LogP contribution < -0.4 is 5.73 Å². The van der Waals surface area contributed by atoms with E-state index in [0.717, 1.165) is 0 Å². The number of aryl methyl sites for hydroxylation is 2. The quantitative estimate of drug-likeness (QED) is 0.810. The molecule has 0 bridgehead atoms. The monoisotopic (exact) mass is 215 g/mol. The predicted molar refractivity (Wildman–Crippen MR) is 51.7 cm³/mol. The van der Waals surface area contributed by atoms with Gasteiger partial charge in [-0.05, 0) is 6.92 Å². The van der Waals surface area contributed by atoms with Crippen molar-refractivity contribution >= 4 is 17.1 Å². The van der Waals surface area contributed by atoms with Crippen LogP contribution in [0.25, 0.3) is 11.2 Å². The average Bonchev–Trinajstić information content (AvgIpc) is 2.55. The number of fused-ring (bicyclic) bond motifs is 1. The van der Waals surface area contributed by atoms with Gasteiger partial charge in [0.1, 0.15) is 5.52 Å². The molecule has 2 N–H and O–H groups in total. The van der Waals surface area contributed by atoms with Gasteiger partial charge in [0.25, 0.3) is 6.43 Å². The van der Waals surface area contributed by atoms with Gasteiger partial charge in [-0.3, -0.25) is 9.25 Å². The number of hydrogen-bond acceptors (Lipinski definition) is 3. The standard InChI is InChI=1S/C8H11F2N5/c1-4-6-7(14(2)13-4)15(3-5(9)10)8(11)12-6/h5H,3H2,1-2H3,(H2,11,12). The van der Waals surface area contributed by atoms with Crippen LogP contribution in [0.15, 0.2) is 0 Å². The van der Waals surface area contributed by atoms with Gasteiger partial charge in [-0.15, -0.1) is 0 Å². The summed E-state index contributed by atoms with van der Waals surface area (Å²) in [6.45, 7) is 1.31. The Morgan fingerprint density at radius 1 is 1.47 bits per heavy atom. The zero-order valence-electron chi connectivity index (χ0n) is 8.41. The van der Waals surface area contributed by atoms with Gasteiger partial charge in [0.05, 0.1) is 12.2 Å². The molecular formula is C8H11F2N5. The van der Waals surface area contributed by atoms with Gasteiger partial charge in [-0.1, -0.05) is 0 Å². The molecule has 82 valence electrons.